The zero-order valence-corrected chi connectivity index (χ0v) is 9.39. The van der Waals surface area contributed by atoms with Crippen molar-refractivity contribution in [3.05, 3.63) is 16.9 Å². The lowest BCUT2D eigenvalue weighted by Crippen LogP contribution is -1.97. The molecule has 0 radical (unpaired) electrons. The predicted molar refractivity (Wildman–Crippen MR) is 57.6 cm³/mol. The molecule has 0 unspecified atom stereocenters. The fourth-order valence-electron chi connectivity index (χ4n) is 1.02. The molecule has 0 aliphatic heterocycles. The van der Waals surface area contributed by atoms with Gasteiger partial charge in [0.15, 0.2) is 0 Å². The molecule has 1 aromatic rings. The van der Waals surface area contributed by atoms with Crippen molar-refractivity contribution in [1.29, 1.82) is 0 Å². The summed E-state index contributed by atoms with van der Waals surface area (Å²) in [5.41, 5.74) is 0. The Morgan fingerprint density at radius 2 is 2.25 bits per heavy atom. The summed E-state index contributed by atoms with van der Waals surface area (Å²) in [7, 11) is 0. The van der Waals surface area contributed by atoms with E-state index in [-0.39, 0.29) is 0 Å². The summed E-state index contributed by atoms with van der Waals surface area (Å²) in [6.45, 7) is 1.01. The molecule has 1 heterocycles. The fourth-order valence-corrected chi connectivity index (χ4v) is 1.57. The molecule has 0 saturated heterocycles. The smallest absolute Gasteiger partial charge is 0.0632 e. The highest BCUT2D eigenvalue weighted by Gasteiger charge is 1.93. The van der Waals surface area contributed by atoms with Gasteiger partial charge >= 0.3 is 0 Å². The highest BCUT2D eigenvalue weighted by molar-refractivity contribution is 9.10. The zero-order valence-electron chi connectivity index (χ0n) is 6.91. The van der Waals surface area contributed by atoms with Crippen molar-refractivity contribution in [3.8, 4) is 0 Å². The van der Waals surface area contributed by atoms with E-state index in [1.165, 1.54) is 19.3 Å². The summed E-state index contributed by atoms with van der Waals surface area (Å²) in [5.74, 6) is 0.989. The number of unbranched alkanes of at least 4 members (excludes halogenated alkanes) is 2. The monoisotopic (exact) mass is 248 g/mol. The van der Waals surface area contributed by atoms with Crippen LogP contribution < -0.4 is 0 Å². The zero-order chi connectivity index (χ0) is 8.81. The second-order valence-electron chi connectivity index (χ2n) is 2.71. The van der Waals surface area contributed by atoms with E-state index in [9.17, 15) is 0 Å². The Bertz CT molecular complexity index is 225. The van der Waals surface area contributed by atoms with Gasteiger partial charge in [-0.15, -0.1) is 0 Å². The molecule has 0 aliphatic rings. The highest BCUT2D eigenvalue weighted by atomic mass is 79.9. The first-order valence-electron chi connectivity index (χ1n) is 4.12. The Labute approximate surface area is 86.9 Å². The van der Waals surface area contributed by atoms with Crippen LogP contribution in [0.25, 0.3) is 0 Å². The topological polar surface area (TPSA) is 17.8 Å². The number of hydrogen-bond acceptors (Lipinski definition) is 2. The van der Waals surface area contributed by atoms with Gasteiger partial charge in [0.25, 0.3) is 0 Å². The van der Waals surface area contributed by atoms with Gasteiger partial charge in [-0.2, -0.15) is 17.7 Å². The molecule has 68 valence electrons. The number of aromatic nitrogens is 2. The fraction of sp³-hybridized carbons (Fsp3) is 0.625. The first-order valence-corrected chi connectivity index (χ1v) is 5.54. The van der Waals surface area contributed by atoms with Crippen LogP contribution in [-0.2, 0) is 6.54 Å². The average molecular weight is 249 g/mol. The maximum absolute atomic E-state index is 4.16. The van der Waals surface area contributed by atoms with E-state index >= 15 is 0 Å². The van der Waals surface area contributed by atoms with Crippen molar-refractivity contribution in [2.75, 3.05) is 5.75 Å². The molecule has 0 saturated carbocycles. The Morgan fingerprint density at radius 3 is 2.83 bits per heavy atom. The van der Waals surface area contributed by atoms with Crippen molar-refractivity contribution in [2.24, 2.45) is 0 Å². The predicted octanol–water partition coefficient (Wildman–Crippen LogP) is 2.75. The molecule has 4 heteroatoms. The van der Waals surface area contributed by atoms with Crippen molar-refractivity contribution < 1.29 is 0 Å². The van der Waals surface area contributed by atoms with Crippen LogP contribution in [-0.4, -0.2) is 15.5 Å². The molecule has 12 heavy (non-hydrogen) atoms. The number of nitrogens with zero attached hydrogens (tertiary/aromatic N) is 2. The van der Waals surface area contributed by atoms with E-state index in [4.69, 9.17) is 0 Å². The van der Waals surface area contributed by atoms with Gasteiger partial charge in [0.1, 0.15) is 0 Å². The van der Waals surface area contributed by atoms with Gasteiger partial charge in [-0.3, -0.25) is 4.68 Å². The second-order valence-corrected chi connectivity index (χ2v) is 4.07. The summed E-state index contributed by atoms with van der Waals surface area (Å²) in [6.07, 6.45) is 7.44. The summed E-state index contributed by atoms with van der Waals surface area (Å²) < 4.78 is 3.01. The molecule has 0 spiro atoms. The van der Waals surface area contributed by atoms with Gasteiger partial charge in [0.05, 0.1) is 10.7 Å². The van der Waals surface area contributed by atoms with E-state index in [1.54, 1.807) is 0 Å². The molecule has 0 N–H and O–H groups in total. The summed E-state index contributed by atoms with van der Waals surface area (Å²) in [4.78, 5) is 0. The van der Waals surface area contributed by atoms with E-state index in [1.807, 2.05) is 17.1 Å². The highest BCUT2D eigenvalue weighted by Crippen LogP contribution is 2.07. The Kier molecular flexibility index (Phi) is 4.76. The molecule has 0 fully saturated rings. The first kappa shape index (κ1) is 10.1. The third-order valence-corrected chi connectivity index (χ3v) is 2.37. The molecule has 0 amide bonds. The van der Waals surface area contributed by atoms with Gasteiger partial charge in [0.2, 0.25) is 0 Å². The molecule has 0 bridgehead atoms. The van der Waals surface area contributed by atoms with E-state index in [0.29, 0.717) is 0 Å². The Hall–Kier alpha value is 0.0400. The number of hydrogen-bond donors (Lipinski definition) is 1. The number of rotatable bonds is 5. The SMILES string of the molecule is SCCCCCn1cc(Br)cn1. The van der Waals surface area contributed by atoms with Crippen molar-refractivity contribution in [2.45, 2.75) is 25.8 Å². The molecule has 0 aliphatic carbocycles. The Balaban J connectivity index is 2.15. The number of halogens is 1. The first-order chi connectivity index (χ1) is 5.83. The molecular weight excluding hydrogens is 236 g/mol. The summed E-state index contributed by atoms with van der Waals surface area (Å²) in [5, 5.41) is 4.16. The minimum atomic E-state index is 0.989. The van der Waals surface area contributed by atoms with Crippen LogP contribution in [0.5, 0.6) is 0 Å². The average Bonchev–Trinajstić information content (AvgIpc) is 2.45. The van der Waals surface area contributed by atoms with Crippen LogP contribution >= 0.6 is 28.6 Å². The van der Waals surface area contributed by atoms with Crippen LogP contribution in [0, 0.1) is 0 Å². The standard InChI is InChI=1S/C8H13BrN2S/c9-8-6-10-11(7-8)4-2-1-3-5-12/h6-7,12H,1-5H2. The summed E-state index contributed by atoms with van der Waals surface area (Å²) in [6, 6.07) is 0. The number of thiol groups is 1. The van der Waals surface area contributed by atoms with Crippen LogP contribution in [0.4, 0.5) is 0 Å². The minimum absolute atomic E-state index is 0.989. The molecule has 1 aromatic heterocycles. The van der Waals surface area contributed by atoms with E-state index in [2.05, 4.69) is 33.7 Å². The molecule has 1 rings (SSSR count). The molecule has 2 nitrogen and oxygen atoms in total. The number of aryl methyl sites for hydroxylation is 1. The minimum Gasteiger partial charge on any atom is -0.272 e. The maximum atomic E-state index is 4.16. The van der Waals surface area contributed by atoms with Gasteiger partial charge < -0.3 is 0 Å². The van der Waals surface area contributed by atoms with Crippen LogP contribution in [0.1, 0.15) is 19.3 Å². The van der Waals surface area contributed by atoms with Crippen molar-refractivity contribution in [3.63, 3.8) is 0 Å². The lowest BCUT2D eigenvalue weighted by Gasteiger charge is -1.99. The quantitative estimate of drug-likeness (QED) is 0.627. The largest absolute Gasteiger partial charge is 0.272 e. The van der Waals surface area contributed by atoms with Crippen molar-refractivity contribution in [1.82, 2.24) is 9.78 Å². The van der Waals surface area contributed by atoms with Gasteiger partial charge in [0, 0.05) is 12.7 Å². The van der Waals surface area contributed by atoms with Crippen LogP contribution in [0.15, 0.2) is 16.9 Å². The van der Waals surface area contributed by atoms with Gasteiger partial charge in [-0.25, -0.2) is 0 Å². The van der Waals surface area contributed by atoms with E-state index < -0.39 is 0 Å². The third-order valence-electron chi connectivity index (χ3n) is 1.65. The Morgan fingerprint density at radius 1 is 1.42 bits per heavy atom. The van der Waals surface area contributed by atoms with Crippen LogP contribution in [0.3, 0.4) is 0 Å². The van der Waals surface area contributed by atoms with Crippen LogP contribution in [0.2, 0.25) is 0 Å². The third kappa shape index (κ3) is 3.63. The van der Waals surface area contributed by atoms with Gasteiger partial charge in [-0.1, -0.05) is 6.42 Å². The van der Waals surface area contributed by atoms with E-state index in [0.717, 1.165) is 16.8 Å². The van der Waals surface area contributed by atoms with Gasteiger partial charge in [-0.05, 0) is 34.5 Å². The summed E-state index contributed by atoms with van der Waals surface area (Å²) >= 11 is 7.51. The normalized spacial score (nSPS) is 10.5. The second kappa shape index (κ2) is 5.65. The molecular formula is C8H13BrN2S. The lowest BCUT2D eigenvalue weighted by molar-refractivity contribution is 0.554. The maximum Gasteiger partial charge on any atom is 0.0632 e. The lowest BCUT2D eigenvalue weighted by atomic mass is 10.2. The molecule has 0 aromatic carbocycles. The molecule has 0 atom stereocenters. The van der Waals surface area contributed by atoms with Crippen molar-refractivity contribution >= 4 is 28.6 Å².